The molecular weight excluding hydrogens is 196 g/mol. The third-order valence-corrected chi connectivity index (χ3v) is 2.19. The number of nitrogens with two attached hydrogens (primary N) is 1. The first-order valence-corrected chi connectivity index (χ1v) is 4.80. The zero-order valence-corrected chi connectivity index (χ0v) is 9.16. The molecule has 2 N–H and O–H groups in total. The van der Waals surface area contributed by atoms with E-state index in [0.717, 1.165) is 0 Å². The van der Waals surface area contributed by atoms with Gasteiger partial charge in [0, 0.05) is 31.9 Å². The minimum atomic E-state index is 0.217. The van der Waals surface area contributed by atoms with Crippen molar-refractivity contribution in [3.63, 3.8) is 0 Å². The van der Waals surface area contributed by atoms with Crippen LogP contribution in [0.3, 0.4) is 0 Å². The van der Waals surface area contributed by atoms with Crippen molar-refractivity contribution < 1.29 is 0 Å². The van der Waals surface area contributed by atoms with Crippen LogP contribution in [0, 0.1) is 0 Å². The summed E-state index contributed by atoms with van der Waals surface area (Å²) < 4.78 is 0. The molecule has 1 heterocycles. The Morgan fingerprint density at radius 1 is 1.57 bits per heavy atom. The summed E-state index contributed by atoms with van der Waals surface area (Å²) in [5.74, 6) is 0.691. The van der Waals surface area contributed by atoms with E-state index in [2.05, 4.69) is 9.97 Å². The maximum absolute atomic E-state index is 5.47. The van der Waals surface area contributed by atoms with Crippen LogP contribution in [0.2, 0.25) is 0 Å². The van der Waals surface area contributed by atoms with Crippen LogP contribution < -0.4 is 10.6 Å². The Morgan fingerprint density at radius 3 is 2.64 bits per heavy atom. The smallest absolute Gasteiger partial charge is 0.225 e. The minimum Gasteiger partial charge on any atom is -0.393 e. The van der Waals surface area contributed by atoms with Crippen LogP contribution in [0.5, 0.6) is 0 Å². The molecule has 1 aromatic rings. The molecule has 0 radical (unpaired) electrons. The number of hydrogen-bond donors (Lipinski definition) is 1. The third kappa shape index (κ3) is 2.92. The lowest BCUT2D eigenvalue weighted by Gasteiger charge is -2.24. The molecule has 1 atom stereocenters. The van der Waals surface area contributed by atoms with Gasteiger partial charge in [-0.15, -0.1) is 0 Å². The monoisotopic (exact) mass is 210 g/mol. The highest BCUT2D eigenvalue weighted by Crippen LogP contribution is 2.09. The summed E-state index contributed by atoms with van der Waals surface area (Å²) >= 11 is 4.85. The Hall–Kier alpha value is -1.23. The highest BCUT2D eigenvalue weighted by atomic mass is 32.1. The SMILES string of the molecule is CC(CC(N)=S)N(C)c1ncccn1. The molecular formula is C9H14N4S. The molecule has 76 valence electrons. The van der Waals surface area contributed by atoms with Crippen molar-refractivity contribution in [2.45, 2.75) is 19.4 Å². The maximum atomic E-state index is 5.47. The molecule has 0 aliphatic rings. The van der Waals surface area contributed by atoms with Gasteiger partial charge in [-0.2, -0.15) is 0 Å². The van der Waals surface area contributed by atoms with Crippen LogP contribution in [0.1, 0.15) is 13.3 Å². The third-order valence-electron chi connectivity index (χ3n) is 2.03. The molecule has 0 aromatic carbocycles. The van der Waals surface area contributed by atoms with Crippen LogP contribution in [0.15, 0.2) is 18.5 Å². The van der Waals surface area contributed by atoms with E-state index >= 15 is 0 Å². The summed E-state index contributed by atoms with van der Waals surface area (Å²) in [6.07, 6.45) is 4.10. The molecule has 1 rings (SSSR count). The zero-order chi connectivity index (χ0) is 10.6. The molecule has 1 unspecified atom stereocenters. The first kappa shape index (κ1) is 10.8. The van der Waals surface area contributed by atoms with Crippen LogP contribution in [0.4, 0.5) is 5.95 Å². The summed E-state index contributed by atoms with van der Waals surface area (Å²) in [6, 6.07) is 2.00. The lowest BCUT2D eigenvalue weighted by atomic mass is 10.2. The van der Waals surface area contributed by atoms with Gasteiger partial charge in [-0.05, 0) is 13.0 Å². The Morgan fingerprint density at radius 2 is 2.14 bits per heavy atom. The molecule has 5 heteroatoms. The van der Waals surface area contributed by atoms with Gasteiger partial charge in [-0.1, -0.05) is 12.2 Å². The summed E-state index contributed by atoms with van der Waals surface area (Å²) in [7, 11) is 1.93. The van der Waals surface area contributed by atoms with Crippen LogP contribution in [-0.2, 0) is 0 Å². The van der Waals surface area contributed by atoms with E-state index in [9.17, 15) is 0 Å². The Bertz CT molecular complexity index is 301. The highest BCUT2D eigenvalue weighted by Gasteiger charge is 2.12. The van der Waals surface area contributed by atoms with Crippen molar-refractivity contribution in [3.05, 3.63) is 18.5 Å². The van der Waals surface area contributed by atoms with Crippen molar-refractivity contribution in [1.29, 1.82) is 0 Å². The van der Waals surface area contributed by atoms with Crippen molar-refractivity contribution in [1.82, 2.24) is 9.97 Å². The molecule has 0 aliphatic carbocycles. The quantitative estimate of drug-likeness (QED) is 0.751. The van der Waals surface area contributed by atoms with Gasteiger partial charge in [0.2, 0.25) is 5.95 Å². The average Bonchev–Trinajstić information content (AvgIpc) is 2.17. The van der Waals surface area contributed by atoms with E-state index in [1.165, 1.54) is 0 Å². The van der Waals surface area contributed by atoms with E-state index in [0.29, 0.717) is 17.4 Å². The van der Waals surface area contributed by atoms with Gasteiger partial charge in [-0.3, -0.25) is 0 Å². The first-order chi connectivity index (χ1) is 6.61. The van der Waals surface area contributed by atoms with Gasteiger partial charge in [0.05, 0.1) is 4.99 Å². The van der Waals surface area contributed by atoms with Gasteiger partial charge in [0.15, 0.2) is 0 Å². The van der Waals surface area contributed by atoms with Crippen molar-refractivity contribution in [2.75, 3.05) is 11.9 Å². The van der Waals surface area contributed by atoms with Gasteiger partial charge >= 0.3 is 0 Å². The predicted molar refractivity (Wildman–Crippen MR) is 61.3 cm³/mol. The second-order valence-corrected chi connectivity index (χ2v) is 3.70. The summed E-state index contributed by atoms with van der Waals surface area (Å²) in [5, 5.41) is 0. The van der Waals surface area contributed by atoms with Gasteiger partial charge < -0.3 is 10.6 Å². The average molecular weight is 210 g/mol. The molecule has 4 nitrogen and oxygen atoms in total. The van der Waals surface area contributed by atoms with Crippen molar-refractivity contribution in [3.8, 4) is 0 Å². The van der Waals surface area contributed by atoms with Crippen molar-refractivity contribution in [2.24, 2.45) is 5.73 Å². The zero-order valence-electron chi connectivity index (χ0n) is 8.34. The second kappa shape index (κ2) is 4.85. The molecule has 1 aromatic heterocycles. The van der Waals surface area contributed by atoms with E-state index in [1.54, 1.807) is 18.5 Å². The molecule has 0 saturated heterocycles. The number of nitrogens with zero attached hydrogens (tertiary/aromatic N) is 3. The maximum Gasteiger partial charge on any atom is 0.225 e. The largest absolute Gasteiger partial charge is 0.393 e. The Balaban J connectivity index is 2.65. The van der Waals surface area contributed by atoms with E-state index in [4.69, 9.17) is 18.0 Å². The van der Waals surface area contributed by atoms with E-state index in [-0.39, 0.29) is 6.04 Å². The van der Waals surface area contributed by atoms with Crippen LogP contribution in [-0.4, -0.2) is 28.0 Å². The molecule has 0 spiro atoms. The standard InChI is InChI=1S/C9H14N4S/c1-7(6-8(10)14)13(2)9-11-4-3-5-12-9/h3-5,7H,6H2,1-2H3,(H2,10,14). The fraction of sp³-hybridized carbons (Fsp3) is 0.444. The Kier molecular flexibility index (Phi) is 3.76. The number of aromatic nitrogens is 2. The number of anilines is 1. The predicted octanol–water partition coefficient (Wildman–Crippen LogP) is 0.977. The highest BCUT2D eigenvalue weighted by molar-refractivity contribution is 7.80. The van der Waals surface area contributed by atoms with Crippen molar-refractivity contribution >= 4 is 23.2 Å². The topological polar surface area (TPSA) is 55.0 Å². The number of rotatable bonds is 4. The molecule has 0 saturated carbocycles. The Labute approximate surface area is 89.2 Å². The van der Waals surface area contributed by atoms with Gasteiger partial charge in [0.1, 0.15) is 0 Å². The minimum absolute atomic E-state index is 0.217. The lowest BCUT2D eigenvalue weighted by molar-refractivity contribution is 0.694. The summed E-state index contributed by atoms with van der Waals surface area (Å²) in [4.78, 5) is 10.7. The lowest BCUT2D eigenvalue weighted by Crippen LogP contribution is -2.33. The van der Waals surface area contributed by atoms with Gasteiger partial charge in [-0.25, -0.2) is 9.97 Å². The van der Waals surface area contributed by atoms with E-state index in [1.807, 2.05) is 18.9 Å². The van der Waals surface area contributed by atoms with Crippen LogP contribution >= 0.6 is 12.2 Å². The number of hydrogen-bond acceptors (Lipinski definition) is 4. The van der Waals surface area contributed by atoms with Gasteiger partial charge in [0.25, 0.3) is 0 Å². The fourth-order valence-electron chi connectivity index (χ4n) is 1.10. The normalized spacial score (nSPS) is 12.1. The molecule has 0 bridgehead atoms. The first-order valence-electron chi connectivity index (χ1n) is 4.39. The molecule has 0 fully saturated rings. The summed E-state index contributed by atoms with van der Waals surface area (Å²) in [6.45, 7) is 2.04. The summed E-state index contributed by atoms with van der Waals surface area (Å²) in [5.41, 5.74) is 5.47. The molecule has 14 heavy (non-hydrogen) atoms. The molecule has 0 aliphatic heterocycles. The number of thiocarbonyl (C=S) groups is 1. The molecule has 0 amide bonds. The second-order valence-electron chi connectivity index (χ2n) is 3.18. The fourth-order valence-corrected chi connectivity index (χ4v) is 1.34. The van der Waals surface area contributed by atoms with Crippen LogP contribution in [0.25, 0.3) is 0 Å². The van der Waals surface area contributed by atoms with E-state index < -0.39 is 0 Å².